The third-order valence-electron chi connectivity index (χ3n) is 4.72. The minimum absolute atomic E-state index is 0.00388. The van der Waals surface area contributed by atoms with E-state index in [1.807, 2.05) is 35.0 Å². The summed E-state index contributed by atoms with van der Waals surface area (Å²) in [6.07, 6.45) is 8.59. The van der Waals surface area contributed by atoms with E-state index in [4.69, 9.17) is 21.1 Å². The predicted octanol–water partition coefficient (Wildman–Crippen LogP) is 3.78. The molecule has 0 unspecified atom stereocenters. The number of rotatable bonds is 4. The topological polar surface area (TPSA) is 75.0 Å². The molecule has 0 spiro atoms. The zero-order valence-corrected chi connectivity index (χ0v) is 15.1. The second-order valence-corrected chi connectivity index (χ2v) is 6.80. The molecule has 4 aromatic rings. The first kappa shape index (κ1) is 16.4. The molecule has 1 fully saturated rings. The monoisotopic (exact) mass is 381 g/mol. The Hall–Kier alpha value is -2.77. The quantitative estimate of drug-likeness (QED) is 0.501. The van der Waals surface area contributed by atoms with E-state index < -0.39 is 0 Å². The molecule has 8 heteroatoms. The Kier molecular flexibility index (Phi) is 4.10. The molecule has 0 bridgehead atoms. The molecule has 4 aromatic heterocycles. The molecular weight excluding hydrogens is 366 g/mol. The van der Waals surface area contributed by atoms with Crippen molar-refractivity contribution in [1.82, 2.24) is 24.5 Å². The zero-order valence-electron chi connectivity index (χ0n) is 14.3. The van der Waals surface area contributed by atoms with Crippen LogP contribution in [-0.2, 0) is 4.74 Å². The van der Waals surface area contributed by atoms with Crippen molar-refractivity contribution < 1.29 is 9.47 Å². The Morgan fingerprint density at radius 1 is 1.15 bits per heavy atom. The lowest BCUT2D eigenvalue weighted by Crippen LogP contribution is -2.18. The Balaban J connectivity index is 1.27. The maximum Gasteiger partial charge on any atom is 0.146 e. The molecule has 5 rings (SSSR count). The van der Waals surface area contributed by atoms with Crippen LogP contribution in [0.2, 0.25) is 5.15 Å². The van der Waals surface area contributed by atoms with Gasteiger partial charge in [0.25, 0.3) is 0 Å². The fourth-order valence-corrected chi connectivity index (χ4v) is 3.58. The van der Waals surface area contributed by atoms with Gasteiger partial charge in [-0.3, -0.25) is 9.97 Å². The van der Waals surface area contributed by atoms with Gasteiger partial charge in [-0.2, -0.15) is 0 Å². The summed E-state index contributed by atoms with van der Waals surface area (Å²) in [7, 11) is 0. The SMILES string of the molecule is Clc1ncnc2c1ccn2[C@H]1CC[C@@H](COc2cnc3cccnc3c2)O1. The van der Waals surface area contributed by atoms with Crippen molar-refractivity contribution in [2.24, 2.45) is 0 Å². The highest BCUT2D eigenvalue weighted by Gasteiger charge is 2.28. The summed E-state index contributed by atoms with van der Waals surface area (Å²) in [6, 6.07) is 7.60. The van der Waals surface area contributed by atoms with Gasteiger partial charge in [0.1, 0.15) is 35.7 Å². The van der Waals surface area contributed by atoms with Crippen molar-refractivity contribution in [3.8, 4) is 5.75 Å². The summed E-state index contributed by atoms with van der Waals surface area (Å²) in [5.74, 6) is 0.694. The van der Waals surface area contributed by atoms with Gasteiger partial charge >= 0.3 is 0 Å². The van der Waals surface area contributed by atoms with Gasteiger partial charge in [-0.1, -0.05) is 11.6 Å². The second kappa shape index (κ2) is 6.75. The van der Waals surface area contributed by atoms with Gasteiger partial charge in [-0.15, -0.1) is 0 Å². The third-order valence-corrected chi connectivity index (χ3v) is 5.02. The fourth-order valence-electron chi connectivity index (χ4n) is 3.39. The minimum atomic E-state index is -0.0848. The molecule has 0 aliphatic carbocycles. The normalized spacial score (nSPS) is 19.7. The van der Waals surface area contributed by atoms with Crippen LogP contribution in [0.4, 0.5) is 0 Å². The highest BCUT2D eigenvalue weighted by Crippen LogP contribution is 2.32. The molecule has 0 aromatic carbocycles. The molecule has 5 heterocycles. The average molecular weight is 382 g/mol. The second-order valence-electron chi connectivity index (χ2n) is 6.44. The Labute approximate surface area is 159 Å². The van der Waals surface area contributed by atoms with Crippen molar-refractivity contribution in [3.63, 3.8) is 0 Å². The molecule has 2 atom stereocenters. The van der Waals surface area contributed by atoms with Crippen LogP contribution in [0.25, 0.3) is 22.1 Å². The lowest BCUT2D eigenvalue weighted by Gasteiger charge is -2.16. The molecule has 136 valence electrons. The highest BCUT2D eigenvalue weighted by atomic mass is 35.5. The maximum atomic E-state index is 6.16. The molecule has 0 amide bonds. The van der Waals surface area contributed by atoms with E-state index in [1.54, 1.807) is 12.4 Å². The molecule has 1 aliphatic rings. The van der Waals surface area contributed by atoms with E-state index in [0.717, 1.165) is 34.9 Å². The van der Waals surface area contributed by atoms with Gasteiger partial charge < -0.3 is 14.0 Å². The van der Waals surface area contributed by atoms with E-state index in [-0.39, 0.29) is 12.3 Å². The number of ether oxygens (including phenoxy) is 2. The summed E-state index contributed by atoms with van der Waals surface area (Å²) in [5, 5.41) is 1.28. The van der Waals surface area contributed by atoms with Crippen LogP contribution in [0.5, 0.6) is 5.75 Å². The molecule has 7 nitrogen and oxygen atoms in total. The first-order chi connectivity index (χ1) is 13.3. The van der Waals surface area contributed by atoms with Gasteiger partial charge in [-0.25, -0.2) is 9.97 Å². The molecular formula is C19H16ClN5O2. The minimum Gasteiger partial charge on any atom is -0.489 e. The maximum absolute atomic E-state index is 6.16. The van der Waals surface area contributed by atoms with E-state index in [1.165, 1.54) is 6.33 Å². The third kappa shape index (κ3) is 3.09. The van der Waals surface area contributed by atoms with Gasteiger partial charge in [0.15, 0.2) is 0 Å². The standard InChI is InChI=1S/C19H16ClN5O2/c20-18-14-5-7-25(19(14)24-11-23-18)17-4-3-12(27-17)10-26-13-8-16-15(22-9-13)2-1-6-21-16/h1-2,5-9,11-12,17H,3-4,10H2/t12-,17+/m0/s1. The van der Waals surface area contributed by atoms with Crippen LogP contribution in [0.15, 0.2) is 49.2 Å². The van der Waals surface area contributed by atoms with Crippen molar-refractivity contribution in [3.05, 3.63) is 54.3 Å². The number of hydrogen-bond donors (Lipinski definition) is 0. The number of pyridine rings is 2. The van der Waals surface area contributed by atoms with Crippen molar-refractivity contribution in [2.75, 3.05) is 6.61 Å². The van der Waals surface area contributed by atoms with E-state index >= 15 is 0 Å². The van der Waals surface area contributed by atoms with Gasteiger partial charge in [-0.05, 0) is 31.0 Å². The number of fused-ring (bicyclic) bond motifs is 2. The van der Waals surface area contributed by atoms with Crippen LogP contribution >= 0.6 is 11.6 Å². The number of aromatic nitrogens is 5. The summed E-state index contributed by atoms with van der Waals surface area (Å²) < 4.78 is 14.1. The van der Waals surface area contributed by atoms with E-state index in [0.29, 0.717) is 17.5 Å². The molecule has 1 aliphatic heterocycles. The highest BCUT2D eigenvalue weighted by molar-refractivity contribution is 6.33. The van der Waals surface area contributed by atoms with Crippen LogP contribution in [0.3, 0.4) is 0 Å². The average Bonchev–Trinajstić information content (AvgIpc) is 3.33. The predicted molar refractivity (Wildman–Crippen MR) is 101 cm³/mol. The zero-order chi connectivity index (χ0) is 18.2. The lowest BCUT2D eigenvalue weighted by atomic mass is 10.2. The fraction of sp³-hybridized carbons (Fsp3) is 0.263. The molecule has 1 saturated heterocycles. The van der Waals surface area contributed by atoms with E-state index in [2.05, 4.69) is 19.9 Å². The Morgan fingerprint density at radius 3 is 3.07 bits per heavy atom. The van der Waals surface area contributed by atoms with Crippen LogP contribution < -0.4 is 4.74 Å². The number of halogens is 1. The molecule has 0 radical (unpaired) electrons. The molecule has 0 saturated carbocycles. The molecule has 27 heavy (non-hydrogen) atoms. The Morgan fingerprint density at radius 2 is 2.11 bits per heavy atom. The first-order valence-corrected chi connectivity index (χ1v) is 9.12. The Bertz CT molecular complexity index is 1120. The number of nitrogens with zero attached hydrogens (tertiary/aromatic N) is 5. The van der Waals surface area contributed by atoms with Crippen molar-refractivity contribution >= 4 is 33.7 Å². The summed E-state index contributed by atoms with van der Waals surface area (Å²) >= 11 is 6.13. The van der Waals surface area contributed by atoms with E-state index in [9.17, 15) is 0 Å². The van der Waals surface area contributed by atoms with Crippen LogP contribution in [-0.4, -0.2) is 37.2 Å². The van der Waals surface area contributed by atoms with Gasteiger partial charge in [0.05, 0.1) is 28.7 Å². The van der Waals surface area contributed by atoms with Crippen molar-refractivity contribution in [2.45, 2.75) is 25.2 Å². The summed E-state index contributed by atoms with van der Waals surface area (Å²) in [5.41, 5.74) is 2.45. The lowest BCUT2D eigenvalue weighted by molar-refractivity contribution is -0.0156. The smallest absolute Gasteiger partial charge is 0.146 e. The van der Waals surface area contributed by atoms with Crippen molar-refractivity contribution in [1.29, 1.82) is 0 Å². The van der Waals surface area contributed by atoms with Crippen LogP contribution in [0.1, 0.15) is 19.1 Å². The number of hydrogen-bond acceptors (Lipinski definition) is 6. The van der Waals surface area contributed by atoms with Gasteiger partial charge in [0, 0.05) is 18.5 Å². The summed E-state index contributed by atoms with van der Waals surface area (Å²) in [6.45, 7) is 0.464. The summed E-state index contributed by atoms with van der Waals surface area (Å²) in [4.78, 5) is 17.0. The first-order valence-electron chi connectivity index (χ1n) is 8.74. The largest absolute Gasteiger partial charge is 0.489 e. The van der Waals surface area contributed by atoms with Crippen LogP contribution in [0, 0.1) is 0 Å². The molecule has 0 N–H and O–H groups in total. The van der Waals surface area contributed by atoms with Gasteiger partial charge in [0.2, 0.25) is 0 Å².